The second-order valence-electron chi connectivity index (χ2n) is 6.34. The molecule has 2 rings (SSSR count). The van der Waals surface area contributed by atoms with Gasteiger partial charge in [-0.3, -0.25) is 4.52 Å². The molecule has 2 aromatic rings. The van der Waals surface area contributed by atoms with E-state index in [4.69, 9.17) is 15.5 Å². The van der Waals surface area contributed by atoms with E-state index >= 15 is 0 Å². The van der Waals surface area contributed by atoms with Crippen molar-refractivity contribution < 1.29 is 37.2 Å². The zero-order valence-corrected chi connectivity index (χ0v) is 19.2. The van der Waals surface area contributed by atoms with Crippen LogP contribution in [0.1, 0.15) is 28.4 Å². The first-order chi connectivity index (χ1) is 14.0. The predicted molar refractivity (Wildman–Crippen MR) is 110 cm³/mol. The molecule has 168 valence electrons. The number of nitrogens with one attached hydrogen (secondary N) is 1. The van der Waals surface area contributed by atoms with Gasteiger partial charge < -0.3 is 25.7 Å². The van der Waals surface area contributed by atoms with Crippen LogP contribution >= 0.6 is 27.0 Å². The molecule has 15 heteroatoms. The molecular weight excluding hydrogens is 456 g/mol. The van der Waals surface area contributed by atoms with E-state index in [1.54, 1.807) is 6.20 Å². The summed E-state index contributed by atoms with van der Waals surface area (Å²) in [7, 11) is -9.96. The Morgan fingerprint density at radius 1 is 1.30 bits per heavy atom. The summed E-state index contributed by atoms with van der Waals surface area (Å²) in [4.78, 5) is 36.2. The lowest BCUT2D eigenvalue weighted by Gasteiger charge is -2.11. The Morgan fingerprint density at radius 2 is 2.03 bits per heavy atom. The Hall–Kier alpha value is -1.27. The molecule has 0 aromatic carbocycles. The minimum Gasteiger partial charge on any atom is -0.369 e. The Labute approximate surface area is 178 Å². The van der Waals surface area contributed by atoms with Crippen molar-refractivity contribution in [2.45, 2.75) is 33.2 Å². The molecule has 0 radical (unpaired) electrons. The van der Waals surface area contributed by atoms with Gasteiger partial charge in [-0.1, -0.05) is 11.3 Å². The Balaban J connectivity index is 2.02. The topological polar surface area (TPSA) is 181 Å². The van der Waals surface area contributed by atoms with Crippen LogP contribution in [0.25, 0.3) is 0 Å². The fourth-order valence-corrected chi connectivity index (χ4v) is 5.08. The lowest BCUT2D eigenvalue weighted by molar-refractivity contribution is -0.689. The first kappa shape index (κ1) is 25.0. The maximum atomic E-state index is 11.5. The van der Waals surface area contributed by atoms with E-state index < -0.39 is 15.6 Å². The van der Waals surface area contributed by atoms with Crippen LogP contribution in [-0.2, 0) is 30.9 Å². The van der Waals surface area contributed by atoms with Gasteiger partial charge in [0.15, 0.2) is 12.2 Å². The lowest BCUT2D eigenvalue weighted by atomic mass is 10.2. The van der Waals surface area contributed by atoms with Crippen molar-refractivity contribution in [3.63, 3.8) is 0 Å². The smallest absolute Gasteiger partial charge is 0.369 e. The van der Waals surface area contributed by atoms with Crippen LogP contribution in [0.4, 0.5) is 5.82 Å². The van der Waals surface area contributed by atoms with Crippen LogP contribution in [-0.4, -0.2) is 44.3 Å². The third-order valence-electron chi connectivity index (χ3n) is 3.95. The molecule has 0 aliphatic heterocycles. The highest BCUT2D eigenvalue weighted by molar-refractivity contribution is 7.60. The average molecular weight is 482 g/mol. The van der Waals surface area contributed by atoms with Crippen LogP contribution in [0.3, 0.4) is 0 Å². The van der Waals surface area contributed by atoms with Crippen molar-refractivity contribution in [2.75, 3.05) is 25.0 Å². The van der Waals surface area contributed by atoms with E-state index in [2.05, 4.69) is 24.1 Å². The number of phosphoric acid groups is 2. The van der Waals surface area contributed by atoms with E-state index in [-0.39, 0.29) is 13.0 Å². The largest absolute Gasteiger partial charge is 0.481 e. The number of aromatic nitrogens is 3. The zero-order chi connectivity index (χ0) is 22.4. The van der Waals surface area contributed by atoms with Gasteiger partial charge in [0.1, 0.15) is 11.6 Å². The van der Waals surface area contributed by atoms with Crippen LogP contribution in [0.2, 0.25) is 0 Å². The number of thiazole rings is 1. The van der Waals surface area contributed by atoms with Crippen molar-refractivity contribution in [1.82, 2.24) is 9.97 Å². The number of aryl methyl sites for hydroxylation is 1. The summed E-state index contributed by atoms with van der Waals surface area (Å²) in [6, 6.07) is 0. The summed E-state index contributed by atoms with van der Waals surface area (Å²) in [6.07, 6.45) is 2.85. The molecule has 0 saturated carbocycles. The van der Waals surface area contributed by atoms with Gasteiger partial charge in [0, 0.05) is 26.1 Å². The molecule has 0 bridgehead atoms. The quantitative estimate of drug-likeness (QED) is 0.165. The number of anilines is 1. The number of hydrogen-bond acceptors (Lipinski definition) is 9. The summed E-state index contributed by atoms with van der Waals surface area (Å²) in [6.45, 7) is 5.27. The number of nitrogens with zero attached hydrogens (tertiary/aromatic N) is 3. The Morgan fingerprint density at radius 3 is 2.70 bits per heavy atom. The van der Waals surface area contributed by atoms with Crippen molar-refractivity contribution in [2.24, 2.45) is 5.73 Å². The molecule has 0 fully saturated rings. The molecule has 1 unspecified atom stereocenters. The van der Waals surface area contributed by atoms with Crippen LogP contribution in [0.15, 0.2) is 11.7 Å². The summed E-state index contributed by atoms with van der Waals surface area (Å²) < 4.78 is 32.6. The minimum atomic E-state index is -5.13. The van der Waals surface area contributed by atoms with Gasteiger partial charge in [-0.25, -0.2) is 19.1 Å². The maximum absolute atomic E-state index is 11.5. The summed E-state index contributed by atoms with van der Waals surface area (Å²) in [5, 5.41) is 3.27. The highest BCUT2D eigenvalue weighted by Gasteiger charge is 2.32. The number of rotatable bonds is 12. The molecule has 0 spiro atoms. The highest BCUT2D eigenvalue weighted by Crippen LogP contribution is 2.57. The van der Waals surface area contributed by atoms with Crippen molar-refractivity contribution >= 4 is 32.8 Å². The second kappa shape index (κ2) is 10.9. The maximum Gasteiger partial charge on any atom is 0.481 e. The molecule has 6 N–H and O–H groups in total. The molecule has 30 heavy (non-hydrogen) atoms. The van der Waals surface area contributed by atoms with Gasteiger partial charge in [0.25, 0.3) is 0 Å². The van der Waals surface area contributed by atoms with E-state index in [0.717, 1.165) is 28.4 Å². The molecule has 0 aliphatic carbocycles. The first-order valence-electron chi connectivity index (χ1n) is 8.98. The molecular formula is C15H26N5O7P2S+. The summed E-state index contributed by atoms with van der Waals surface area (Å²) in [5.74, 6) is 1.40. The molecule has 2 heterocycles. The van der Waals surface area contributed by atoms with Crippen LogP contribution in [0.5, 0.6) is 0 Å². The second-order valence-corrected chi connectivity index (χ2v) is 10.1. The molecule has 0 amide bonds. The number of phosphoric ester groups is 1. The van der Waals surface area contributed by atoms with E-state index in [1.807, 2.05) is 23.9 Å². The standard InChI is InChI=1S/C15H25N5O7P2S/c1-11-14(4-7-26-29(24,25)27-28(21,22)23)30-10-20(11)9-13-8-18-12(2)19-15(13)17-6-3-5-16/h8,10H,3-7,9,16H2,1-2H3,(H3-,17,18,19,21,22,23,24,25)/p+1. The number of hydrogen-bond donors (Lipinski definition) is 5. The van der Waals surface area contributed by atoms with Crippen molar-refractivity contribution in [3.05, 3.63) is 33.7 Å². The molecule has 12 nitrogen and oxygen atoms in total. The zero-order valence-electron chi connectivity index (χ0n) is 16.6. The van der Waals surface area contributed by atoms with Gasteiger partial charge in [0.2, 0.25) is 5.51 Å². The summed E-state index contributed by atoms with van der Waals surface area (Å²) >= 11 is 1.43. The monoisotopic (exact) mass is 482 g/mol. The Kier molecular flexibility index (Phi) is 9.04. The third-order valence-corrected chi connectivity index (χ3v) is 7.28. The van der Waals surface area contributed by atoms with Gasteiger partial charge in [0.05, 0.1) is 17.0 Å². The molecule has 0 aliphatic rings. The lowest BCUT2D eigenvalue weighted by Crippen LogP contribution is -2.35. The fourth-order valence-electron chi connectivity index (χ4n) is 2.52. The van der Waals surface area contributed by atoms with Crippen molar-refractivity contribution in [1.29, 1.82) is 0 Å². The van der Waals surface area contributed by atoms with Gasteiger partial charge in [-0.2, -0.15) is 8.88 Å². The fraction of sp³-hybridized carbons (Fsp3) is 0.533. The van der Waals surface area contributed by atoms with Gasteiger partial charge in [-0.15, -0.1) is 0 Å². The van der Waals surface area contributed by atoms with Crippen LogP contribution < -0.4 is 15.6 Å². The van der Waals surface area contributed by atoms with Gasteiger partial charge in [-0.05, 0) is 19.9 Å². The summed E-state index contributed by atoms with van der Waals surface area (Å²) in [5.41, 5.74) is 9.26. The molecule has 0 saturated heterocycles. The average Bonchev–Trinajstić information content (AvgIpc) is 2.95. The molecule has 1 atom stereocenters. The van der Waals surface area contributed by atoms with Crippen LogP contribution in [0, 0.1) is 13.8 Å². The van der Waals surface area contributed by atoms with Crippen molar-refractivity contribution in [3.8, 4) is 0 Å². The van der Waals surface area contributed by atoms with E-state index in [0.29, 0.717) is 25.5 Å². The Bertz CT molecular complexity index is 951. The highest BCUT2D eigenvalue weighted by atomic mass is 32.1. The minimum absolute atomic E-state index is 0.241. The first-order valence-corrected chi connectivity index (χ1v) is 12.9. The van der Waals surface area contributed by atoms with E-state index in [1.165, 1.54) is 11.3 Å². The normalized spacial score (nSPS) is 13.9. The third kappa shape index (κ3) is 8.10. The van der Waals surface area contributed by atoms with E-state index in [9.17, 15) is 14.0 Å². The molecule has 2 aromatic heterocycles. The van der Waals surface area contributed by atoms with Gasteiger partial charge >= 0.3 is 15.6 Å². The predicted octanol–water partition coefficient (Wildman–Crippen LogP) is 1.02. The number of nitrogens with two attached hydrogens (primary N) is 1. The SMILES string of the molecule is Cc1ncc(C[n+]2csc(CCOP(=O)(O)OP(=O)(O)O)c2C)c(NCCCN)n1.